The van der Waals surface area contributed by atoms with Gasteiger partial charge in [0, 0.05) is 13.2 Å². The van der Waals surface area contributed by atoms with Crippen LogP contribution in [-0.2, 0) is 20.8 Å². The van der Waals surface area contributed by atoms with Crippen LogP contribution in [0.5, 0.6) is 0 Å². The molecule has 122 valence electrons. The molecule has 1 aromatic rings. The minimum Gasteiger partial charge on any atom is -0.480 e. The van der Waals surface area contributed by atoms with E-state index in [4.69, 9.17) is 26.2 Å². The largest absolute Gasteiger partial charge is 0.480 e. The zero-order valence-corrected chi connectivity index (χ0v) is 12.9. The van der Waals surface area contributed by atoms with Crippen LogP contribution in [0.4, 0.5) is 0 Å². The van der Waals surface area contributed by atoms with Gasteiger partial charge in [-0.1, -0.05) is 11.6 Å². The lowest BCUT2D eigenvalue weighted by Crippen LogP contribution is -2.50. The van der Waals surface area contributed by atoms with Crippen LogP contribution >= 0.6 is 11.6 Å². The van der Waals surface area contributed by atoms with Crippen LogP contribution in [0.1, 0.15) is 23.8 Å². The summed E-state index contributed by atoms with van der Waals surface area (Å²) >= 11 is 6.00. The number of halogens is 1. The van der Waals surface area contributed by atoms with Crippen LogP contribution in [0.25, 0.3) is 0 Å². The maximum atomic E-state index is 12.4. The van der Waals surface area contributed by atoms with Crippen molar-refractivity contribution in [3.63, 3.8) is 0 Å². The first kappa shape index (κ1) is 16.7. The Balaban J connectivity index is 2.04. The fourth-order valence-electron chi connectivity index (χ4n) is 2.28. The minimum absolute atomic E-state index is 0.235. The maximum absolute atomic E-state index is 12.4. The molecule has 22 heavy (non-hydrogen) atoms. The molecule has 1 aliphatic rings. The molecule has 1 aliphatic heterocycles. The molecular formula is C13H18ClN3O5. The number of carbonyl (C=O) groups excluding carboxylic acids is 1. The van der Waals surface area contributed by atoms with Crippen LogP contribution in [0, 0.1) is 0 Å². The highest BCUT2D eigenvalue weighted by molar-refractivity contribution is 6.33. The van der Waals surface area contributed by atoms with Gasteiger partial charge in [-0.3, -0.25) is 9.48 Å². The van der Waals surface area contributed by atoms with Crippen LogP contribution in [0.2, 0.25) is 5.02 Å². The van der Waals surface area contributed by atoms with Gasteiger partial charge in [0.1, 0.15) is 18.4 Å². The Labute approximate surface area is 132 Å². The summed E-state index contributed by atoms with van der Waals surface area (Å²) in [6.07, 6.45) is 1.45. The van der Waals surface area contributed by atoms with Gasteiger partial charge in [0.15, 0.2) is 0 Å². The van der Waals surface area contributed by atoms with Gasteiger partial charge in [-0.15, -0.1) is 0 Å². The molecule has 2 N–H and O–H groups in total. The molecule has 1 saturated heterocycles. The van der Waals surface area contributed by atoms with Gasteiger partial charge in [-0.05, 0) is 13.3 Å². The summed E-state index contributed by atoms with van der Waals surface area (Å²) in [5.74, 6) is -1.43. The number of carboxylic acids is 1. The quantitative estimate of drug-likeness (QED) is 0.789. The highest BCUT2D eigenvalue weighted by Crippen LogP contribution is 2.17. The zero-order valence-electron chi connectivity index (χ0n) is 12.1. The number of ether oxygens (including phenoxy) is 2. The summed E-state index contributed by atoms with van der Waals surface area (Å²) in [5, 5.41) is 15.8. The van der Waals surface area contributed by atoms with E-state index in [0.29, 0.717) is 19.6 Å². The Morgan fingerprint density at radius 1 is 1.64 bits per heavy atom. The van der Waals surface area contributed by atoms with Gasteiger partial charge in [0.2, 0.25) is 0 Å². The van der Waals surface area contributed by atoms with Crippen molar-refractivity contribution in [2.24, 2.45) is 0 Å². The maximum Gasteiger partial charge on any atom is 0.329 e. The molecule has 1 aromatic heterocycles. The molecule has 2 rings (SSSR count). The van der Waals surface area contributed by atoms with Gasteiger partial charge in [0.25, 0.3) is 5.91 Å². The number of aryl methyl sites for hydroxylation is 1. The van der Waals surface area contributed by atoms with E-state index in [2.05, 4.69) is 10.4 Å². The number of carbonyl (C=O) groups is 2. The van der Waals surface area contributed by atoms with Gasteiger partial charge in [0.05, 0.1) is 23.9 Å². The number of amides is 1. The van der Waals surface area contributed by atoms with E-state index in [0.717, 1.165) is 0 Å². The highest BCUT2D eigenvalue weighted by atomic mass is 35.5. The van der Waals surface area contributed by atoms with Crippen LogP contribution in [-0.4, -0.2) is 58.7 Å². The standard InChI is InChI=1S/C13H18ClN3O5/c1-2-17-12(8(14)5-15-17)13(20)16-9-3-4-21-6-10(9)22-7-11(18)19/h5,9-10H,2-4,6-7H2,1H3,(H,16,20)(H,18,19)/t9-,10-/m1/s1. The summed E-state index contributed by atoms with van der Waals surface area (Å²) in [5.41, 5.74) is 0.285. The first-order chi connectivity index (χ1) is 10.5. The van der Waals surface area contributed by atoms with Gasteiger partial charge >= 0.3 is 5.97 Å². The van der Waals surface area contributed by atoms with Crippen molar-refractivity contribution in [2.75, 3.05) is 19.8 Å². The lowest BCUT2D eigenvalue weighted by Gasteiger charge is -2.31. The third kappa shape index (κ3) is 3.96. The molecule has 0 radical (unpaired) electrons. The number of carboxylic acid groups (broad SMARTS) is 1. The molecule has 1 fully saturated rings. The Morgan fingerprint density at radius 2 is 2.41 bits per heavy atom. The number of nitrogens with zero attached hydrogens (tertiary/aromatic N) is 2. The van der Waals surface area contributed by atoms with Gasteiger partial charge < -0.3 is 19.9 Å². The lowest BCUT2D eigenvalue weighted by molar-refractivity contribution is -0.148. The number of rotatable bonds is 6. The summed E-state index contributed by atoms with van der Waals surface area (Å²) in [6, 6.07) is -0.336. The molecule has 0 aliphatic carbocycles. The fourth-order valence-corrected chi connectivity index (χ4v) is 2.51. The third-order valence-corrected chi connectivity index (χ3v) is 3.63. The van der Waals surface area contributed by atoms with Crippen molar-refractivity contribution in [3.05, 3.63) is 16.9 Å². The van der Waals surface area contributed by atoms with Crippen LogP contribution in [0.3, 0.4) is 0 Å². The van der Waals surface area contributed by atoms with Crippen molar-refractivity contribution < 1.29 is 24.2 Å². The van der Waals surface area contributed by atoms with E-state index >= 15 is 0 Å². The average Bonchev–Trinajstić information content (AvgIpc) is 2.87. The van der Waals surface area contributed by atoms with E-state index in [1.54, 1.807) is 0 Å². The lowest BCUT2D eigenvalue weighted by atomic mass is 10.1. The smallest absolute Gasteiger partial charge is 0.329 e. The van der Waals surface area contributed by atoms with Crippen molar-refractivity contribution in [3.8, 4) is 0 Å². The molecule has 2 heterocycles. The SMILES string of the molecule is CCn1ncc(Cl)c1C(=O)N[C@@H]1CCOC[C@H]1OCC(=O)O. The molecule has 0 unspecified atom stereocenters. The Hall–Kier alpha value is -1.64. The number of nitrogens with one attached hydrogen (secondary N) is 1. The third-order valence-electron chi connectivity index (χ3n) is 3.35. The molecule has 2 atom stereocenters. The molecule has 0 spiro atoms. The van der Waals surface area contributed by atoms with Crippen molar-refractivity contribution in [1.82, 2.24) is 15.1 Å². The van der Waals surface area contributed by atoms with Crippen molar-refractivity contribution in [2.45, 2.75) is 32.0 Å². The van der Waals surface area contributed by atoms with E-state index in [9.17, 15) is 9.59 Å². The second kappa shape index (κ2) is 7.57. The molecule has 0 aromatic carbocycles. The molecule has 9 heteroatoms. The topological polar surface area (TPSA) is 103 Å². The first-order valence-electron chi connectivity index (χ1n) is 6.96. The molecule has 8 nitrogen and oxygen atoms in total. The number of aromatic nitrogens is 2. The number of hydrogen-bond donors (Lipinski definition) is 2. The van der Waals surface area contributed by atoms with E-state index < -0.39 is 18.7 Å². The molecule has 1 amide bonds. The summed E-state index contributed by atoms with van der Waals surface area (Å²) < 4.78 is 12.0. The van der Waals surface area contributed by atoms with E-state index in [1.165, 1.54) is 10.9 Å². The van der Waals surface area contributed by atoms with E-state index in [-0.39, 0.29) is 29.3 Å². The summed E-state index contributed by atoms with van der Waals surface area (Å²) in [4.78, 5) is 23.0. The Morgan fingerprint density at radius 3 is 3.09 bits per heavy atom. The summed E-state index contributed by atoms with van der Waals surface area (Å²) in [7, 11) is 0. The van der Waals surface area contributed by atoms with Gasteiger partial charge in [-0.25, -0.2) is 4.79 Å². The Bertz CT molecular complexity index is 548. The molecule has 0 bridgehead atoms. The average molecular weight is 332 g/mol. The van der Waals surface area contributed by atoms with E-state index in [1.807, 2.05) is 6.92 Å². The highest BCUT2D eigenvalue weighted by Gasteiger charge is 2.30. The summed E-state index contributed by atoms with van der Waals surface area (Å²) in [6.45, 7) is 2.64. The fraction of sp³-hybridized carbons (Fsp3) is 0.615. The zero-order chi connectivity index (χ0) is 16.1. The van der Waals surface area contributed by atoms with Crippen LogP contribution in [0.15, 0.2) is 6.20 Å². The first-order valence-corrected chi connectivity index (χ1v) is 7.34. The molecular weight excluding hydrogens is 314 g/mol. The molecule has 0 saturated carbocycles. The Kier molecular flexibility index (Phi) is 5.76. The van der Waals surface area contributed by atoms with Gasteiger partial charge in [-0.2, -0.15) is 5.10 Å². The number of hydrogen-bond acceptors (Lipinski definition) is 5. The predicted molar refractivity (Wildman–Crippen MR) is 77.0 cm³/mol. The van der Waals surface area contributed by atoms with Crippen molar-refractivity contribution in [1.29, 1.82) is 0 Å². The normalized spacial score (nSPS) is 21.5. The number of aliphatic carboxylic acids is 1. The predicted octanol–water partition coefficient (Wildman–Crippen LogP) is 0.545. The second-order valence-corrected chi connectivity index (χ2v) is 5.25. The van der Waals surface area contributed by atoms with Crippen LogP contribution < -0.4 is 5.32 Å². The van der Waals surface area contributed by atoms with Crippen molar-refractivity contribution >= 4 is 23.5 Å². The second-order valence-electron chi connectivity index (χ2n) is 4.84. The minimum atomic E-state index is -1.07. The monoisotopic (exact) mass is 331 g/mol.